The summed E-state index contributed by atoms with van der Waals surface area (Å²) in [5.41, 5.74) is 10.4. The molecule has 0 aliphatic heterocycles. The van der Waals surface area contributed by atoms with Crippen LogP contribution in [-0.2, 0) is 0 Å². The lowest BCUT2D eigenvalue weighted by atomic mass is 10.1. The first-order chi connectivity index (χ1) is 10.1. The second-order valence-corrected chi connectivity index (χ2v) is 6.05. The van der Waals surface area contributed by atoms with Crippen molar-refractivity contribution in [2.75, 3.05) is 5.73 Å². The average molecular weight is 363 g/mol. The summed E-state index contributed by atoms with van der Waals surface area (Å²) in [6, 6.07) is 13.7. The maximum absolute atomic E-state index is 6.17. The van der Waals surface area contributed by atoms with Gasteiger partial charge in [0.05, 0.1) is 17.6 Å². The molecule has 0 saturated carbocycles. The van der Waals surface area contributed by atoms with Gasteiger partial charge in [0.25, 0.3) is 0 Å². The summed E-state index contributed by atoms with van der Waals surface area (Å²) < 4.78 is 2.71. The first-order valence-corrected chi connectivity index (χ1v) is 7.60. The Bertz CT molecular complexity index is 811. The number of nitrogens with two attached hydrogens (primary N) is 1. The molecule has 21 heavy (non-hydrogen) atoms. The van der Waals surface area contributed by atoms with Crippen LogP contribution in [0.4, 0.5) is 5.69 Å². The molecule has 0 atom stereocenters. The number of aromatic nitrogens is 2. The Balaban J connectivity index is 2.09. The molecule has 0 aliphatic carbocycles. The highest BCUT2D eigenvalue weighted by atomic mass is 79.9. The van der Waals surface area contributed by atoms with E-state index in [1.165, 1.54) is 0 Å². The number of hydrogen-bond acceptors (Lipinski definition) is 2. The lowest BCUT2D eigenvalue weighted by Gasteiger charge is -2.04. The fourth-order valence-electron chi connectivity index (χ4n) is 2.11. The van der Waals surface area contributed by atoms with Crippen molar-refractivity contribution < 1.29 is 0 Å². The van der Waals surface area contributed by atoms with Crippen molar-refractivity contribution in [3.05, 3.63) is 63.7 Å². The molecule has 0 radical (unpaired) electrons. The van der Waals surface area contributed by atoms with Crippen LogP contribution in [0.25, 0.3) is 16.9 Å². The van der Waals surface area contributed by atoms with E-state index in [0.29, 0.717) is 10.7 Å². The standard InChI is InChI=1S/C16H13BrClN3/c1-10-6-7-11(8-14(10)18)21-9-15(19)16(20-21)12-4-2-3-5-13(12)17/h2-9H,19H2,1H3. The van der Waals surface area contributed by atoms with E-state index in [2.05, 4.69) is 21.0 Å². The first-order valence-electron chi connectivity index (χ1n) is 6.43. The summed E-state index contributed by atoms with van der Waals surface area (Å²) in [6.07, 6.45) is 1.80. The highest BCUT2D eigenvalue weighted by molar-refractivity contribution is 9.10. The highest BCUT2D eigenvalue weighted by Gasteiger charge is 2.12. The molecule has 0 unspecified atom stereocenters. The van der Waals surface area contributed by atoms with E-state index in [1.54, 1.807) is 10.9 Å². The summed E-state index contributed by atoms with van der Waals surface area (Å²) in [6.45, 7) is 1.97. The lowest BCUT2D eigenvalue weighted by molar-refractivity contribution is 0.884. The second-order valence-electron chi connectivity index (χ2n) is 4.79. The minimum atomic E-state index is 0.624. The van der Waals surface area contributed by atoms with Crippen LogP contribution >= 0.6 is 27.5 Å². The second kappa shape index (κ2) is 5.54. The Kier molecular flexibility index (Phi) is 3.74. The van der Waals surface area contributed by atoms with Gasteiger partial charge in [-0.15, -0.1) is 0 Å². The molecule has 0 amide bonds. The number of benzene rings is 2. The van der Waals surface area contributed by atoms with Gasteiger partial charge in [0.2, 0.25) is 0 Å². The monoisotopic (exact) mass is 361 g/mol. The zero-order valence-electron chi connectivity index (χ0n) is 11.3. The zero-order chi connectivity index (χ0) is 15.0. The molecule has 0 fully saturated rings. The maximum atomic E-state index is 6.17. The van der Waals surface area contributed by atoms with Gasteiger partial charge in [-0.05, 0) is 30.7 Å². The third-order valence-electron chi connectivity index (χ3n) is 3.29. The molecule has 1 heterocycles. The number of halogens is 2. The van der Waals surface area contributed by atoms with Crippen LogP contribution < -0.4 is 5.73 Å². The van der Waals surface area contributed by atoms with Gasteiger partial charge >= 0.3 is 0 Å². The molecule has 3 nitrogen and oxygen atoms in total. The van der Waals surface area contributed by atoms with Gasteiger partial charge in [-0.25, -0.2) is 4.68 Å². The normalized spacial score (nSPS) is 10.8. The van der Waals surface area contributed by atoms with Crippen LogP contribution in [0.2, 0.25) is 5.02 Å². The maximum Gasteiger partial charge on any atom is 0.117 e. The van der Waals surface area contributed by atoms with Crippen LogP contribution in [0.3, 0.4) is 0 Å². The Morgan fingerprint density at radius 2 is 1.95 bits per heavy atom. The van der Waals surface area contributed by atoms with Crippen molar-refractivity contribution in [2.45, 2.75) is 6.92 Å². The third kappa shape index (κ3) is 2.69. The zero-order valence-corrected chi connectivity index (χ0v) is 13.7. The Morgan fingerprint density at radius 1 is 1.19 bits per heavy atom. The number of nitrogens with zero attached hydrogens (tertiary/aromatic N) is 2. The van der Waals surface area contributed by atoms with Gasteiger partial charge in [-0.2, -0.15) is 5.10 Å². The molecule has 2 N–H and O–H groups in total. The molecule has 0 bridgehead atoms. The molecule has 5 heteroatoms. The summed E-state index contributed by atoms with van der Waals surface area (Å²) in [4.78, 5) is 0. The molecule has 3 aromatic rings. The number of rotatable bonds is 2. The summed E-state index contributed by atoms with van der Waals surface area (Å²) in [5, 5.41) is 5.30. The smallest absolute Gasteiger partial charge is 0.117 e. The van der Waals surface area contributed by atoms with Gasteiger partial charge in [-0.3, -0.25) is 0 Å². The van der Waals surface area contributed by atoms with E-state index in [-0.39, 0.29) is 0 Å². The minimum Gasteiger partial charge on any atom is -0.396 e. The largest absolute Gasteiger partial charge is 0.396 e. The van der Waals surface area contributed by atoms with Crippen molar-refractivity contribution in [3.8, 4) is 16.9 Å². The van der Waals surface area contributed by atoms with Gasteiger partial charge in [0.15, 0.2) is 0 Å². The van der Waals surface area contributed by atoms with Gasteiger partial charge < -0.3 is 5.73 Å². The van der Waals surface area contributed by atoms with Crippen molar-refractivity contribution >= 4 is 33.2 Å². The van der Waals surface area contributed by atoms with E-state index >= 15 is 0 Å². The number of nitrogen functional groups attached to an aromatic ring is 1. The van der Waals surface area contributed by atoms with Crippen LogP contribution in [0.5, 0.6) is 0 Å². The van der Waals surface area contributed by atoms with Crippen LogP contribution in [0.1, 0.15) is 5.56 Å². The molecule has 0 spiro atoms. The van der Waals surface area contributed by atoms with E-state index in [9.17, 15) is 0 Å². The van der Waals surface area contributed by atoms with Gasteiger partial charge in [0.1, 0.15) is 5.69 Å². The SMILES string of the molecule is Cc1ccc(-n2cc(N)c(-c3ccccc3Br)n2)cc1Cl. The highest BCUT2D eigenvalue weighted by Crippen LogP contribution is 2.31. The van der Waals surface area contributed by atoms with Crippen molar-refractivity contribution in [2.24, 2.45) is 0 Å². The number of hydrogen-bond donors (Lipinski definition) is 1. The number of aryl methyl sites for hydroxylation is 1. The first kappa shape index (κ1) is 14.2. The van der Waals surface area contributed by atoms with Crippen molar-refractivity contribution in [1.82, 2.24) is 9.78 Å². The van der Waals surface area contributed by atoms with Gasteiger partial charge in [0, 0.05) is 15.1 Å². The summed E-state index contributed by atoms with van der Waals surface area (Å²) in [7, 11) is 0. The Labute approximate surface area is 136 Å². The minimum absolute atomic E-state index is 0.624. The molecule has 3 rings (SSSR count). The molecule has 106 valence electrons. The Hall–Kier alpha value is -1.78. The van der Waals surface area contributed by atoms with E-state index in [4.69, 9.17) is 17.3 Å². The van der Waals surface area contributed by atoms with E-state index in [1.807, 2.05) is 49.4 Å². The van der Waals surface area contributed by atoms with Crippen molar-refractivity contribution in [1.29, 1.82) is 0 Å². The molecule has 2 aromatic carbocycles. The topological polar surface area (TPSA) is 43.8 Å². The van der Waals surface area contributed by atoms with Crippen LogP contribution in [0.15, 0.2) is 53.1 Å². The van der Waals surface area contributed by atoms with Crippen LogP contribution in [-0.4, -0.2) is 9.78 Å². The quantitative estimate of drug-likeness (QED) is 0.708. The van der Waals surface area contributed by atoms with Crippen molar-refractivity contribution in [3.63, 3.8) is 0 Å². The Morgan fingerprint density at radius 3 is 2.67 bits per heavy atom. The molecular formula is C16H13BrClN3. The summed E-state index contributed by atoms with van der Waals surface area (Å²) in [5.74, 6) is 0. The fourth-order valence-corrected chi connectivity index (χ4v) is 2.75. The fraction of sp³-hybridized carbons (Fsp3) is 0.0625. The molecular weight excluding hydrogens is 350 g/mol. The summed E-state index contributed by atoms with van der Waals surface area (Å²) >= 11 is 9.70. The number of anilines is 1. The van der Waals surface area contributed by atoms with Crippen LogP contribution in [0, 0.1) is 6.92 Å². The van der Waals surface area contributed by atoms with E-state index in [0.717, 1.165) is 27.0 Å². The van der Waals surface area contributed by atoms with Gasteiger partial charge in [-0.1, -0.05) is 51.8 Å². The molecule has 0 saturated heterocycles. The average Bonchev–Trinajstić information content (AvgIpc) is 2.84. The lowest BCUT2D eigenvalue weighted by Crippen LogP contribution is -1.95. The third-order valence-corrected chi connectivity index (χ3v) is 4.39. The predicted octanol–water partition coefficient (Wildman–Crippen LogP) is 4.85. The van der Waals surface area contributed by atoms with E-state index < -0.39 is 0 Å². The molecule has 0 aliphatic rings. The molecule has 1 aromatic heterocycles. The predicted molar refractivity (Wildman–Crippen MR) is 90.9 cm³/mol.